The van der Waals surface area contributed by atoms with Crippen LogP contribution in [-0.2, 0) is 9.53 Å². The molecule has 0 saturated carbocycles. The van der Waals surface area contributed by atoms with Crippen LogP contribution in [0.15, 0.2) is 77.7 Å². The number of hydrogen-bond donors (Lipinski definition) is 2. The number of carbonyl (C=O) groups is 3. The van der Waals surface area contributed by atoms with Crippen molar-refractivity contribution < 1.29 is 24.0 Å². The maximum absolute atomic E-state index is 12.6. The SMILES string of the molecule is CCOC(=O)c1ccc(NC(=O)C(C)Sc2ccc(NC(=O)c3ccc([N+](=O)[O-])cc3)cc2)cc1. The lowest BCUT2D eigenvalue weighted by Crippen LogP contribution is -2.22. The van der Waals surface area contributed by atoms with E-state index in [9.17, 15) is 24.5 Å². The number of thioether (sulfide) groups is 1. The molecule has 10 heteroatoms. The molecule has 1 unspecified atom stereocenters. The van der Waals surface area contributed by atoms with Crippen molar-refractivity contribution in [1.82, 2.24) is 0 Å². The number of nitrogens with zero attached hydrogens (tertiary/aromatic N) is 1. The van der Waals surface area contributed by atoms with Gasteiger partial charge in [-0.3, -0.25) is 19.7 Å². The van der Waals surface area contributed by atoms with Crippen LogP contribution in [0.25, 0.3) is 0 Å². The number of rotatable bonds is 9. The third-order valence-corrected chi connectivity index (χ3v) is 5.91. The third-order valence-electron chi connectivity index (χ3n) is 4.80. The van der Waals surface area contributed by atoms with E-state index in [0.717, 1.165) is 4.90 Å². The number of nitro benzene ring substituents is 1. The van der Waals surface area contributed by atoms with E-state index in [4.69, 9.17) is 4.74 Å². The zero-order chi connectivity index (χ0) is 25.4. The van der Waals surface area contributed by atoms with Gasteiger partial charge in [0, 0.05) is 34.0 Å². The Morgan fingerprint density at radius 3 is 2.00 bits per heavy atom. The molecule has 0 heterocycles. The number of ether oxygens (including phenoxy) is 1. The van der Waals surface area contributed by atoms with Crippen LogP contribution in [-0.4, -0.2) is 34.6 Å². The quantitative estimate of drug-likeness (QED) is 0.183. The molecule has 0 aliphatic heterocycles. The van der Waals surface area contributed by atoms with Gasteiger partial charge >= 0.3 is 5.97 Å². The molecular formula is C25H23N3O6S. The van der Waals surface area contributed by atoms with Gasteiger partial charge in [0.2, 0.25) is 5.91 Å². The fraction of sp³-hybridized carbons (Fsp3) is 0.160. The molecule has 3 aromatic carbocycles. The summed E-state index contributed by atoms with van der Waals surface area (Å²) in [5.41, 5.74) is 1.74. The second-order valence-corrected chi connectivity index (χ2v) is 8.74. The molecule has 35 heavy (non-hydrogen) atoms. The molecule has 0 radical (unpaired) electrons. The second-order valence-electron chi connectivity index (χ2n) is 7.33. The average molecular weight is 494 g/mol. The van der Waals surface area contributed by atoms with Gasteiger partial charge in [0.25, 0.3) is 11.6 Å². The van der Waals surface area contributed by atoms with Crippen LogP contribution in [0, 0.1) is 10.1 Å². The zero-order valence-corrected chi connectivity index (χ0v) is 19.8. The molecule has 180 valence electrons. The molecule has 0 fully saturated rings. The maximum atomic E-state index is 12.6. The zero-order valence-electron chi connectivity index (χ0n) is 19.0. The number of benzene rings is 3. The summed E-state index contributed by atoms with van der Waals surface area (Å²) in [6.45, 7) is 3.80. The molecule has 0 aliphatic carbocycles. The second kappa shape index (κ2) is 11.8. The van der Waals surface area contributed by atoms with Crippen molar-refractivity contribution in [3.8, 4) is 0 Å². The number of amides is 2. The first-order chi connectivity index (χ1) is 16.8. The molecule has 0 aromatic heterocycles. The Bertz CT molecular complexity index is 1210. The highest BCUT2D eigenvalue weighted by Crippen LogP contribution is 2.26. The predicted octanol–water partition coefficient (Wildman–Crippen LogP) is 5.14. The minimum atomic E-state index is -0.527. The fourth-order valence-corrected chi connectivity index (χ4v) is 3.83. The molecule has 1 atom stereocenters. The lowest BCUT2D eigenvalue weighted by atomic mass is 10.2. The van der Waals surface area contributed by atoms with Crippen molar-refractivity contribution in [3.05, 3.63) is 94.0 Å². The monoisotopic (exact) mass is 493 g/mol. The molecule has 0 bridgehead atoms. The highest BCUT2D eigenvalue weighted by molar-refractivity contribution is 8.00. The summed E-state index contributed by atoms with van der Waals surface area (Å²) in [6, 6.07) is 18.8. The van der Waals surface area contributed by atoms with Gasteiger partial charge < -0.3 is 15.4 Å². The minimum absolute atomic E-state index is 0.0882. The van der Waals surface area contributed by atoms with E-state index in [-0.39, 0.29) is 17.5 Å². The van der Waals surface area contributed by atoms with E-state index in [1.807, 2.05) is 0 Å². The molecule has 0 aliphatic rings. The van der Waals surface area contributed by atoms with E-state index in [2.05, 4.69) is 10.6 Å². The first kappa shape index (κ1) is 25.4. The summed E-state index contributed by atoms with van der Waals surface area (Å²) >= 11 is 1.35. The molecule has 0 saturated heterocycles. The van der Waals surface area contributed by atoms with Crippen LogP contribution in [0.5, 0.6) is 0 Å². The first-order valence-corrected chi connectivity index (χ1v) is 11.6. The standard InChI is InChI=1S/C25H23N3O6S/c1-3-34-25(31)18-4-8-19(9-5-18)26-23(29)16(2)35-22-14-10-20(11-15-22)27-24(30)17-6-12-21(13-7-17)28(32)33/h4-16H,3H2,1-2H3,(H,26,29)(H,27,30). The molecule has 3 rings (SSSR count). The van der Waals surface area contributed by atoms with Crippen molar-refractivity contribution in [2.45, 2.75) is 24.0 Å². The summed E-state index contributed by atoms with van der Waals surface area (Å²) in [7, 11) is 0. The van der Waals surface area contributed by atoms with E-state index in [1.165, 1.54) is 36.0 Å². The number of non-ortho nitro benzene ring substituents is 1. The Morgan fingerprint density at radius 2 is 1.43 bits per heavy atom. The molecule has 2 amide bonds. The maximum Gasteiger partial charge on any atom is 0.338 e. The van der Waals surface area contributed by atoms with Gasteiger partial charge in [-0.15, -0.1) is 11.8 Å². The lowest BCUT2D eigenvalue weighted by molar-refractivity contribution is -0.384. The van der Waals surface area contributed by atoms with Crippen LogP contribution in [0.4, 0.5) is 17.1 Å². The van der Waals surface area contributed by atoms with Crippen LogP contribution >= 0.6 is 11.8 Å². The smallest absolute Gasteiger partial charge is 0.338 e. The Morgan fingerprint density at radius 1 is 0.886 bits per heavy atom. The number of anilines is 2. The molecule has 2 N–H and O–H groups in total. The molecule has 9 nitrogen and oxygen atoms in total. The first-order valence-electron chi connectivity index (χ1n) is 10.7. The fourth-order valence-electron chi connectivity index (χ4n) is 2.96. The summed E-state index contributed by atoms with van der Waals surface area (Å²) < 4.78 is 4.94. The number of hydrogen-bond acceptors (Lipinski definition) is 7. The van der Waals surface area contributed by atoms with Crippen molar-refractivity contribution >= 4 is 46.6 Å². The summed E-state index contributed by atoms with van der Waals surface area (Å²) in [6.07, 6.45) is 0. The van der Waals surface area contributed by atoms with Gasteiger partial charge in [-0.05, 0) is 74.5 Å². The number of nitro groups is 1. The van der Waals surface area contributed by atoms with E-state index in [0.29, 0.717) is 29.1 Å². The Kier molecular flexibility index (Phi) is 8.58. The third kappa shape index (κ3) is 7.15. The van der Waals surface area contributed by atoms with Gasteiger partial charge in [-0.1, -0.05) is 0 Å². The van der Waals surface area contributed by atoms with E-state index < -0.39 is 16.1 Å². The lowest BCUT2D eigenvalue weighted by Gasteiger charge is -2.13. The topological polar surface area (TPSA) is 128 Å². The van der Waals surface area contributed by atoms with Gasteiger partial charge in [0.05, 0.1) is 22.3 Å². The predicted molar refractivity (Wildman–Crippen MR) is 134 cm³/mol. The van der Waals surface area contributed by atoms with Crippen LogP contribution in [0.2, 0.25) is 0 Å². The summed E-state index contributed by atoms with van der Waals surface area (Å²) in [4.78, 5) is 47.7. The van der Waals surface area contributed by atoms with Crippen LogP contribution in [0.1, 0.15) is 34.6 Å². The largest absolute Gasteiger partial charge is 0.462 e. The Hall–Kier alpha value is -4.18. The van der Waals surface area contributed by atoms with E-state index >= 15 is 0 Å². The van der Waals surface area contributed by atoms with Crippen molar-refractivity contribution in [2.75, 3.05) is 17.2 Å². The average Bonchev–Trinajstić information content (AvgIpc) is 2.85. The van der Waals surface area contributed by atoms with E-state index in [1.54, 1.807) is 62.4 Å². The molecule has 0 spiro atoms. The minimum Gasteiger partial charge on any atom is -0.462 e. The summed E-state index contributed by atoms with van der Waals surface area (Å²) in [5, 5.41) is 15.9. The van der Waals surface area contributed by atoms with Gasteiger partial charge in [0.1, 0.15) is 0 Å². The van der Waals surface area contributed by atoms with Crippen LogP contribution in [0.3, 0.4) is 0 Å². The molecular weight excluding hydrogens is 470 g/mol. The van der Waals surface area contributed by atoms with Gasteiger partial charge in [0.15, 0.2) is 0 Å². The number of nitrogens with one attached hydrogen (secondary N) is 2. The number of carbonyl (C=O) groups excluding carboxylic acids is 3. The van der Waals surface area contributed by atoms with Crippen molar-refractivity contribution in [1.29, 1.82) is 0 Å². The highest BCUT2D eigenvalue weighted by atomic mass is 32.2. The highest BCUT2D eigenvalue weighted by Gasteiger charge is 2.16. The normalized spacial score (nSPS) is 11.3. The molecule has 3 aromatic rings. The van der Waals surface area contributed by atoms with Gasteiger partial charge in [-0.25, -0.2) is 4.79 Å². The number of esters is 1. The Labute approximate surface area is 206 Å². The van der Waals surface area contributed by atoms with Crippen molar-refractivity contribution in [2.24, 2.45) is 0 Å². The summed E-state index contributed by atoms with van der Waals surface area (Å²) in [5.74, 6) is -1.00. The van der Waals surface area contributed by atoms with Gasteiger partial charge in [-0.2, -0.15) is 0 Å². The van der Waals surface area contributed by atoms with Crippen LogP contribution < -0.4 is 10.6 Å². The Balaban J connectivity index is 1.53. The van der Waals surface area contributed by atoms with Crippen molar-refractivity contribution in [3.63, 3.8) is 0 Å².